The summed E-state index contributed by atoms with van der Waals surface area (Å²) in [5.41, 5.74) is 1.64. The van der Waals surface area contributed by atoms with Crippen LogP contribution >= 0.6 is 0 Å². The van der Waals surface area contributed by atoms with Crippen molar-refractivity contribution in [2.75, 3.05) is 45.2 Å². The summed E-state index contributed by atoms with van der Waals surface area (Å²) in [4.78, 5) is 16.9. The fourth-order valence-electron chi connectivity index (χ4n) is 3.54. The highest BCUT2D eigenvalue weighted by Crippen LogP contribution is 2.17. The van der Waals surface area contributed by atoms with Crippen LogP contribution in [0.5, 0.6) is 5.75 Å². The number of carbonyl (C=O) groups is 1. The van der Waals surface area contributed by atoms with Gasteiger partial charge in [0.05, 0.1) is 7.11 Å². The van der Waals surface area contributed by atoms with E-state index in [1.807, 2.05) is 36.4 Å². The molecule has 0 atom stereocenters. The number of anilines is 1. The van der Waals surface area contributed by atoms with Gasteiger partial charge in [-0.25, -0.2) is 0 Å². The van der Waals surface area contributed by atoms with E-state index in [0.717, 1.165) is 43.3 Å². The number of hydrogen-bond donors (Lipinski definition) is 1. The van der Waals surface area contributed by atoms with Crippen molar-refractivity contribution in [1.29, 1.82) is 0 Å². The van der Waals surface area contributed by atoms with Gasteiger partial charge >= 0.3 is 0 Å². The molecule has 0 radical (unpaired) electrons. The Kier molecular flexibility index (Phi) is 6.08. The molecule has 4 rings (SSSR count). The molecular formula is C21H27N7O2. The Bertz CT molecular complexity index is 1010. The van der Waals surface area contributed by atoms with Crippen molar-refractivity contribution in [3.63, 3.8) is 0 Å². The summed E-state index contributed by atoms with van der Waals surface area (Å²) in [7, 11) is 3.76. The molecule has 1 aromatic carbocycles. The second-order valence-corrected chi connectivity index (χ2v) is 7.46. The number of fused-ring (bicyclic) bond motifs is 1. The van der Waals surface area contributed by atoms with Crippen LogP contribution in [0.25, 0.3) is 5.65 Å². The maximum atomic E-state index is 12.3. The van der Waals surface area contributed by atoms with Crippen LogP contribution in [0.4, 0.5) is 5.82 Å². The van der Waals surface area contributed by atoms with Crippen molar-refractivity contribution in [1.82, 2.24) is 30.0 Å². The predicted octanol–water partition coefficient (Wildman–Crippen LogP) is 1.13. The summed E-state index contributed by atoms with van der Waals surface area (Å²) in [6, 6.07) is 11.6. The third kappa shape index (κ3) is 4.51. The molecule has 1 amide bonds. The van der Waals surface area contributed by atoms with Crippen LogP contribution in [0.3, 0.4) is 0 Å². The molecule has 0 saturated carbocycles. The second kappa shape index (κ2) is 9.08. The number of ether oxygens (including phenoxy) is 1. The number of likely N-dealkylation sites (N-methyl/N-ethyl adjacent to an activating group) is 1. The molecule has 2 aromatic heterocycles. The van der Waals surface area contributed by atoms with E-state index in [2.05, 4.69) is 32.4 Å². The zero-order valence-electron chi connectivity index (χ0n) is 17.4. The normalized spacial score (nSPS) is 14.8. The molecule has 3 aromatic rings. The molecule has 158 valence electrons. The van der Waals surface area contributed by atoms with Crippen LogP contribution in [0, 0.1) is 0 Å². The Labute approximate surface area is 175 Å². The molecule has 1 saturated heterocycles. The van der Waals surface area contributed by atoms with Crippen LogP contribution < -0.4 is 15.0 Å². The lowest BCUT2D eigenvalue weighted by molar-refractivity contribution is -0.121. The Morgan fingerprint density at radius 2 is 1.90 bits per heavy atom. The molecule has 0 bridgehead atoms. The van der Waals surface area contributed by atoms with Gasteiger partial charge in [-0.2, -0.15) is 4.52 Å². The van der Waals surface area contributed by atoms with E-state index in [4.69, 9.17) is 9.84 Å². The number of nitrogens with zero attached hydrogens (tertiary/aromatic N) is 6. The predicted molar refractivity (Wildman–Crippen MR) is 114 cm³/mol. The van der Waals surface area contributed by atoms with Gasteiger partial charge in [0.1, 0.15) is 11.6 Å². The molecule has 30 heavy (non-hydrogen) atoms. The smallest absolute Gasteiger partial charge is 0.220 e. The van der Waals surface area contributed by atoms with E-state index in [-0.39, 0.29) is 5.91 Å². The molecule has 3 heterocycles. The highest BCUT2D eigenvalue weighted by molar-refractivity contribution is 5.76. The number of benzene rings is 1. The van der Waals surface area contributed by atoms with Gasteiger partial charge in [-0.15, -0.1) is 15.3 Å². The summed E-state index contributed by atoms with van der Waals surface area (Å²) in [5, 5.41) is 16.1. The number of nitrogens with one attached hydrogen (secondary N) is 1. The Hall–Kier alpha value is -3.20. The Balaban J connectivity index is 1.37. The highest BCUT2D eigenvalue weighted by atomic mass is 16.5. The van der Waals surface area contributed by atoms with Crippen LogP contribution in [-0.4, -0.2) is 71.0 Å². The van der Waals surface area contributed by atoms with Gasteiger partial charge in [-0.1, -0.05) is 18.2 Å². The maximum absolute atomic E-state index is 12.3. The highest BCUT2D eigenvalue weighted by Gasteiger charge is 2.17. The number of aromatic nitrogens is 4. The zero-order valence-corrected chi connectivity index (χ0v) is 17.4. The Morgan fingerprint density at radius 3 is 2.70 bits per heavy atom. The van der Waals surface area contributed by atoms with Crippen molar-refractivity contribution in [3.8, 4) is 5.75 Å². The number of piperazine rings is 1. The summed E-state index contributed by atoms with van der Waals surface area (Å²) >= 11 is 0. The van der Waals surface area contributed by atoms with E-state index in [0.29, 0.717) is 30.9 Å². The van der Waals surface area contributed by atoms with Crippen LogP contribution in [0.2, 0.25) is 0 Å². The summed E-state index contributed by atoms with van der Waals surface area (Å²) < 4.78 is 7.08. The van der Waals surface area contributed by atoms with Crippen molar-refractivity contribution < 1.29 is 9.53 Å². The Morgan fingerprint density at radius 1 is 1.10 bits per heavy atom. The average Bonchev–Trinajstić information content (AvgIpc) is 3.19. The van der Waals surface area contributed by atoms with Crippen molar-refractivity contribution >= 4 is 17.4 Å². The molecular weight excluding hydrogens is 382 g/mol. The molecule has 9 heteroatoms. The average molecular weight is 409 g/mol. The van der Waals surface area contributed by atoms with Gasteiger partial charge in [-0.3, -0.25) is 4.79 Å². The summed E-state index contributed by atoms with van der Waals surface area (Å²) in [6.45, 7) is 4.34. The van der Waals surface area contributed by atoms with E-state index < -0.39 is 0 Å². The van der Waals surface area contributed by atoms with Gasteiger partial charge in [0.15, 0.2) is 11.5 Å². The van der Waals surface area contributed by atoms with Gasteiger partial charge in [-0.05, 0) is 25.2 Å². The number of amides is 1. The number of para-hydroxylation sites is 1. The quantitative estimate of drug-likeness (QED) is 0.626. The molecule has 1 aliphatic heterocycles. The van der Waals surface area contributed by atoms with E-state index in [9.17, 15) is 4.79 Å². The lowest BCUT2D eigenvalue weighted by atomic mass is 10.2. The number of aryl methyl sites for hydroxylation is 1. The van der Waals surface area contributed by atoms with Gasteiger partial charge in [0, 0.05) is 51.1 Å². The topological polar surface area (TPSA) is 87.9 Å². The molecule has 0 spiro atoms. The monoisotopic (exact) mass is 409 g/mol. The first kappa shape index (κ1) is 20.1. The minimum atomic E-state index is -0.0483. The number of carbonyl (C=O) groups excluding carboxylic acids is 1. The van der Waals surface area contributed by atoms with Crippen molar-refractivity contribution in [2.24, 2.45) is 0 Å². The van der Waals surface area contributed by atoms with E-state index in [1.54, 1.807) is 11.6 Å². The second-order valence-electron chi connectivity index (χ2n) is 7.46. The van der Waals surface area contributed by atoms with Crippen LogP contribution in [-0.2, 0) is 17.8 Å². The fourth-order valence-corrected chi connectivity index (χ4v) is 3.54. The van der Waals surface area contributed by atoms with Gasteiger partial charge in [0.25, 0.3) is 0 Å². The van der Waals surface area contributed by atoms with E-state index >= 15 is 0 Å². The van der Waals surface area contributed by atoms with Crippen molar-refractivity contribution in [3.05, 3.63) is 47.8 Å². The van der Waals surface area contributed by atoms with Crippen LogP contribution in [0.1, 0.15) is 17.8 Å². The first-order valence-electron chi connectivity index (χ1n) is 10.2. The molecule has 1 N–H and O–H groups in total. The number of methoxy groups -OCH3 is 1. The summed E-state index contributed by atoms with van der Waals surface area (Å²) in [5.74, 6) is 2.32. The minimum absolute atomic E-state index is 0.0483. The molecule has 9 nitrogen and oxygen atoms in total. The van der Waals surface area contributed by atoms with Gasteiger partial charge in [0.2, 0.25) is 5.91 Å². The third-order valence-electron chi connectivity index (χ3n) is 5.38. The first-order valence-corrected chi connectivity index (χ1v) is 10.2. The number of hydrogen-bond acceptors (Lipinski definition) is 7. The SMILES string of the molecule is COc1ccccc1CNC(=O)CCc1nnc2ccc(N3CCN(C)CC3)nn12. The number of rotatable bonds is 7. The zero-order chi connectivity index (χ0) is 20.9. The largest absolute Gasteiger partial charge is 0.496 e. The fraction of sp³-hybridized carbons (Fsp3) is 0.429. The third-order valence-corrected chi connectivity index (χ3v) is 5.38. The van der Waals surface area contributed by atoms with Crippen LogP contribution in [0.15, 0.2) is 36.4 Å². The molecule has 0 aliphatic carbocycles. The standard InChI is InChI=1S/C21H27N7O2/c1-26-11-13-27(14-12-26)20-8-7-18-23-24-19(28(18)25-20)9-10-21(29)22-15-16-5-3-4-6-17(16)30-2/h3-8H,9-15H2,1-2H3,(H,22,29). The lowest BCUT2D eigenvalue weighted by Crippen LogP contribution is -2.45. The van der Waals surface area contributed by atoms with Crippen molar-refractivity contribution in [2.45, 2.75) is 19.4 Å². The van der Waals surface area contributed by atoms with E-state index in [1.165, 1.54) is 0 Å². The lowest BCUT2D eigenvalue weighted by Gasteiger charge is -2.33. The molecule has 1 aliphatic rings. The minimum Gasteiger partial charge on any atom is -0.496 e. The molecule has 1 fully saturated rings. The molecule has 0 unspecified atom stereocenters. The van der Waals surface area contributed by atoms with Gasteiger partial charge < -0.3 is 19.9 Å². The first-order chi connectivity index (χ1) is 14.6. The maximum Gasteiger partial charge on any atom is 0.220 e. The summed E-state index contributed by atoms with van der Waals surface area (Å²) in [6.07, 6.45) is 0.786.